The minimum Gasteiger partial charge on any atom is -0.291 e. The molecule has 0 saturated carbocycles. The molecule has 120 valence electrons. The Hall–Kier alpha value is -0.970. The van der Waals surface area contributed by atoms with Gasteiger partial charge < -0.3 is 0 Å². The Balaban J connectivity index is 2.38. The normalized spacial score (nSPS) is 18.8. The summed E-state index contributed by atoms with van der Waals surface area (Å²) < 4.78 is 22.4. The minimum atomic E-state index is -3.77. The fourth-order valence-electron chi connectivity index (χ4n) is 2.16. The van der Waals surface area contributed by atoms with Crippen molar-refractivity contribution < 1.29 is 18.1 Å². The Kier molecular flexibility index (Phi) is 4.95. The number of hydrogen-bond acceptors (Lipinski definition) is 6. The third-order valence-electron chi connectivity index (χ3n) is 2.99. The highest BCUT2D eigenvalue weighted by molar-refractivity contribution is 9.10. The Morgan fingerprint density at radius 3 is 2.73 bits per heavy atom. The monoisotopic (exact) mass is 431 g/mol. The van der Waals surface area contributed by atoms with Crippen LogP contribution in [0.5, 0.6) is 0 Å². The van der Waals surface area contributed by atoms with Crippen LogP contribution in [0.1, 0.15) is 6.42 Å². The van der Waals surface area contributed by atoms with Crippen LogP contribution in [-0.4, -0.2) is 36.5 Å². The van der Waals surface area contributed by atoms with E-state index in [0.717, 1.165) is 11.0 Å². The summed E-state index contributed by atoms with van der Waals surface area (Å²) in [6.07, 6.45) is -0.0849. The summed E-state index contributed by atoms with van der Waals surface area (Å²) in [5, 5.41) is 11.1. The lowest BCUT2D eigenvalue weighted by Crippen LogP contribution is -2.27. The molecule has 8 nitrogen and oxygen atoms in total. The average molecular weight is 433 g/mol. The van der Waals surface area contributed by atoms with Crippen molar-refractivity contribution in [3.63, 3.8) is 0 Å². The molecule has 2 rings (SSSR count). The predicted molar refractivity (Wildman–Crippen MR) is 83.7 cm³/mol. The number of nitrogens with zero attached hydrogens (tertiary/aromatic N) is 3. The van der Waals surface area contributed by atoms with Crippen LogP contribution in [0.4, 0.5) is 11.5 Å². The van der Waals surface area contributed by atoms with Gasteiger partial charge in [0.1, 0.15) is 5.15 Å². The summed E-state index contributed by atoms with van der Waals surface area (Å²) in [5.41, 5.74) is -0.404. The third-order valence-corrected chi connectivity index (χ3v) is 5.35. The molecule has 1 aliphatic rings. The second kappa shape index (κ2) is 6.26. The number of carbonyl (C=O) groups is 1. The quantitative estimate of drug-likeness (QED) is 0.312. The van der Waals surface area contributed by atoms with Gasteiger partial charge in [-0.15, -0.1) is 0 Å². The maximum atomic E-state index is 12.0. The van der Waals surface area contributed by atoms with Crippen LogP contribution in [0, 0.1) is 16.0 Å². The number of aromatic nitrogens is 1. The van der Waals surface area contributed by atoms with E-state index in [9.17, 15) is 23.3 Å². The molecule has 1 unspecified atom stereocenters. The number of halogens is 3. The van der Waals surface area contributed by atoms with Crippen molar-refractivity contribution in [3.8, 4) is 0 Å². The van der Waals surface area contributed by atoms with Crippen LogP contribution in [0.15, 0.2) is 10.5 Å². The molecule has 0 N–H and O–H groups in total. The number of pyridine rings is 1. The number of hydrogen-bond donors (Lipinski definition) is 0. The summed E-state index contributed by atoms with van der Waals surface area (Å²) >= 11 is 8.85. The van der Waals surface area contributed by atoms with Crippen molar-refractivity contribution in [2.45, 2.75) is 6.42 Å². The molecule has 1 saturated heterocycles. The van der Waals surface area contributed by atoms with E-state index in [4.69, 9.17) is 22.3 Å². The molecule has 0 spiro atoms. The molecule has 1 aromatic rings. The SMILES string of the molecule is O=C1CC(CS(=O)(=O)Cl)CN1c1nc(Cl)c(Br)cc1[N+](=O)[O-]. The molecule has 2 heterocycles. The van der Waals surface area contributed by atoms with Crippen molar-refractivity contribution in [2.24, 2.45) is 5.92 Å². The zero-order valence-electron chi connectivity index (χ0n) is 10.7. The molecule has 12 heteroatoms. The van der Waals surface area contributed by atoms with Crippen molar-refractivity contribution in [3.05, 3.63) is 25.8 Å². The predicted octanol–water partition coefficient (Wildman–Crippen LogP) is 2.33. The number of amides is 1. The summed E-state index contributed by atoms with van der Waals surface area (Å²) in [5.74, 6) is -1.63. The van der Waals surface area contributed by atoms with E-state index in [1.807, 2.05) is 0 Å². The van der Waals surface area contributed by atoms with Crippen LogP contribution in [0.3, 0.4) is 0 Å². The summed E-state index contributed by atoms with van der Waals surface area (Å²) in [6.45, 7) is -0.0312. The van der Waals surface area contributed by atoms with Gasteiger partial charge in [0.25, 0.3) is 0 Å². The summed E-state index contributed by atoms with van der Waals surface area (Å²) in [4.78, 5) is 27.3. The van der Waals surface area contributed by atoms with Gasteiger partial charge in [0.15, 0.2) is 0 Å². The summed E-state index contributed by atoms with van der Waals surface area (Å²) in [7, 11) is 1.40. The molecule has 1 amide bonds. The molecule has 0 radical (unpaired) electrons. The van der Waals surface area contributed by atoms with Crippen LogP contribution in [0.25, 0.3) is 0 Å². The fourth-order valence-corrected chi connectivity index (χ4v) is 3.92. The number of rotatable bonds is 4. The Morgan fingerprint density at radius 2 is 2.18 bits per heavy atom. The van der Waals surface area contributed by atoms with E-state index < -0.39 is 37.2 Å². The molecular formula is C10H8BrCl2N3O5S. The molecular weight excluding hydrogens is 425 g/mol. The molecule has 0 bridgehead atoms. The number of carbonyl (C=O) groups excluding carboxylic acids is 1. The summed E-state index contributed by atoms with van der Waals surface area (Å²) in [6, 6.07) is 1.14. The van der Waals surface area contributed by atoms with Gasteiger partial charge in [0.05, 0.1) is 15.1 Å². The van der Waals surface area contributed by atoms with Crippen molar-refractivity contribution >= 4 is 64.7 Å². The zero-order chi connectivity index (χ0) is 16.7. The Morgan fingerprint density at radius 1 is 1.55 bits per heavy atom. The second-order valence-electron chi connectivity index (χ2n) is 4.64. The van der Waals surface area contributed by atoms with Crippen LogP contribution >= 0.6 is 38.2 Å². The van der Waals surface area contributed by atoms with Crippen LogP contribution < -0.4 is 4.90 Å². The third kappa shape index (κ3) is 3.86. The smallest absolute Gasteiger partial charge is 0.291 e. The minimum absolute atomic E-state index is 0.0312. The first-order chi connectivity index (χ1) is 10.1. The molecule has 1 fully saturated rings. The average Bonchev–Trinajstić information content (AvgIpc) is 2.70. The molecule has 1 aromatic heterocycles. The highest BCUT2D eigenvalue weighted by Gasteiger charge is 2.37. The van der Waals surface area contributed by atoms with E-state index in [0.29, 0.717) is 0 Å². The Bertz CT molecular complexity index is 757. The van der Waals surface area contributed by atoms with E-state index in [-0.39, 0.29) is 28.4 Å². The van der Waals surface area contributed by atoms with Gasteiger partial charge >= 0.3 is 5.69 Å². The van der Waals surface area contributed by atoms with E-state index >= 15 is 0 Å². The lowest BCUT2D eigenvalue weighted by atomic mass is 10.1. The standard InChI is InChI=1S/C10H8BrCl2N3O5S/c11-6-2-7(16(18)19)10(14-9(6)12)15-3-5(1-8(15)17)4-22(13,20)21/h2,5H,1,3-4H2. The van der Waals surface area contributed by atoms with E-state index in [2.05, 4.69) is 20.9 Å². The fraction of sp³-hybridized carbons (Fsp3) is 0.400. The van der Waals surface area contributed by atoms with Gasteiger partial charge in [-0.05, 0) is 15.9 Å². The van der Waals surface area contributed by atoms with E-state index in [1.165, 1.54) is 0 Å². The number of nitro groups is 1. The first-order valence-corrected chi connectivity index (χ1v) is 9.46. The maximum Gasteiger partial charge on any atom is 0.313 e. The molecule has 1 aliphatic heterocycles. The van der Waals surface area contributed by atoms with Crippen molar-refractivity contribution in [1.29, 1.82) is 0 Å². The largest absolute Gasteiger partial charge is 0.313 e. The van der Waals surface area contributed by atoms with Crippen LogP contribution in [0.2, 0.25) is 5.15 Å². The molecule has 0 aliphatic carbocycles. The molecule has 0 aromatic carbocycles. The lowest BCUT2D eigenvalue weighted by Gasteiger charge is -2.16. The van der Waals surface area contributed by atoms with Gasteiger partial charge in [0.2, 0.25) is 20.8 Å². The highest BCUT2D eigenvalue weighted by atomic mass is 79.9. The second-order valence-corrected chi connectivity index (χ2v) is 8.67. The molecule has 1 atom stereocenters. The first-order valence-electron chi connectivity index (χ1n) is 5.81. The van der Waals surface area contributed by atoms with Gasteiger partial charge in [-0.1, -0.05) is 11.6 Å². The number of anilines is 1. The lowest BCUT2D eigenvalue weighted by molar-refractivity contribution is -0.384. The van der Waals surface area contributed by atoms with Crippen molar-refractivity contribution in [2.75, 3.05) is 17.2 Å². The van der Waals surface area contributed by atoms with E-state index in [1.54, 1.807) is 0 Å². The van der Waals surface area contributed by atoms with Gasteiger partial charge in [0, 0.05) is 35.6 Å². The van der Waals surface area contributed by atoms with Gasteiger partial charge in [-0.3, -0.25) is 19.8 Å². The Labute approximate surface area is 143 Å². The first kappa shape index (κ1) is 17.4. The van der Waals surface area contributed by atoms with Crippen LogP contribution in [-0.2, 0) is 13.8 Å². The molecule has 22 heavy (non-hydrogen) atoms. The zero-order valence-corrected chi connectivity index (χ0v) is 14.6. The topological polar surface area (TPSA) is 110 Å². The van der Waals surface area contributed by atoms with Crippen molar-refractivity contribution in [1.82, 2.24) is 4.98 Å². The maximum absolute atomic E-state index is 12.0. The van der Waals surface area contributed by atoms with Gasteiger partial charge in [-0.25, -0.2) is 13.4 Å². The highest BCUT2D eigenvalue weighted by Crippen LogP contribution is 2.36. The van der Waals surface area contributed by atoms with Gasteiger partial charge in [-0.2, -0.15) is 0 Å².